The topological polar surface area (TPSA) is 76.7 Å². The van der Waals surface area contributed by atoms with Gasteiger partial charge in [-0.25, -0.2) is 32.2 Å². The average molecular weight is 388 g/mol. The monoisotopic (exact) mass is 387 g/mol. The van der Waals surface area contributed by atoms with Crippen molar-refractivity contribution in [1.29, 1.82) is 0 Å². The van der Waals surface area contributed by atoms with E-state index in [-0.39, 0.29) is 11.3 Å². The fourth-order valence-corrected chi connectivity index (χ4v) is 1.98. The lowest BCUT2D eigenvalue weighted by Crippen LogP contribution is -2.17. The molecule has 0 spiro atoms. The lowest BCUT2D eigenvalue weighted by Gasteiger charge is -2.15. The van der Waals surface area contributed by atoms with E-state index in [9.17, 15) is 30.7 Å². The number of hydrogen-bond acceptors (Lipinski definition) is 6. The Morgan fingerprint density at radius 1 is 0.840 bits per heavy atom. The van der Waals surface area contributed by atoms with Gasteiger partial charge < -0.3 is 5.32 Å². The SMILES string of the molecule is Fc1c(F)c(C(F)(F)F)c(F)c(F)c1Nc1nc2nonc2nc1Cl. The van der Waals surface area contributed by atoms with Crippen molar-refractivity contribution in [3.05, 3.63) is 34.0 Å². The number of nitrogens with zero attached hydrogens (tertiary/aromatic N) is 4. The highest BCUT2D eigenvalue weighted by atomic mass is 35.5. The second kappa shape index (κ2) is 5.68. The zero-order chi connectivity index (χ0) is 18.5. The largest absolute Gasteiger partial charge is 0.422 e. The normalized spacial score (nSPS) is 12.0. The number of nitrogens with one attached hydrogen (secondary N) is 1. The Morgan fingerprint density at radius 3 is 1.88 bits per heavy atom. The van der Waals surface area contributed by atoms with Crippen LogP contribution < -0.4 is 5.32 Å². The van der Waals surface area contributed by atoms with Crippen LogP contribution in [0.3, 0.4) is 0 Å². The third-order valence-electron chi connectivity index (χ3n) is 2.86. The molecule has 25 heavy (non-hydrogen) atoms. The molecule has 132 valence electrons. The van der Waals surface area contributed by atoms with Crippen LogP contribution in [0.15, 0.2) is 4.63 Å². The van der Waals surface area contributed by atoms with Crippen LogP contribution in [-0.4, -0.2) is 20.3 Å². The number of aromatic nitrogens is 4. The summed E-state index contributed by atoms with van der Waals surface area (Å²) in [5, 5.41) is 7.68. The molecule has 2 heterocycles. The van der Waals surface area contributed by atoms with Crippen LogP contribution in [0.25, 0.3) is 11.3 Å². The summed E-state index contributed by atoms with van der Waals surface area (Å²) in [4.78, 5) is 7.12. The van der Waals surface area contributed by atoms with Gasteiger partial charge in [-0.2, -0.15) is 13.2 Å². The quantitative estimate of drug-likeness (QED) is 0.529. The minimum atomic E-state index is -5.66. The standard InChI is InChI=1S/C11HClF7N5O/c12-7-8(22-10-9(21-7)23-25-24-10)20-6-4(15)2(13)1(11(17,18)19)3(14)5(6)16/h(H,20,22,24). The molecule has 0 radical (unpaired) electrons. The molecular formula is C11HClF7N5O. The number of hydrogen-bond donors (Lipinski definition) is 1. The third kappa shape index (κ3) is 2.79. The number of fused-ring (bicyclic) bond motifs is 1. The highest BCUT2D eigenvalue weighted by Gasteiger charge is 2.42. The van der Waals surface area contributed by atoms with Gasteiger partial charge in [-0.3, -0.25) is 0 Å². The molecule has 0 atom stereocenters. The fraction of sp³-hybridized carbons (Fsp3) is 0.0909. The fourth-order valence-electron chi connectivity index (χ4n) is 1.81. The van der Waals surface area contributed by atoms with E-state index in [1.165, 1.54) is 0 Å². The third-order valence-corrected chi connectivity index (χ3v) is 3.13. The van der Waals surface area contributed by atoms with Crippen molar-refractivity contribution in [2.24, 2.45) is 0 Å². The summed E-state index contributed by atoms with van der Waals surface area (Å²) >= 11 is 5.64. The van der Waals surface area contributed by atoms with E-state index in [1.807, 2.05) is 0 Å². The van der Waals surface area contributed by atoms with Gasteiger partial charge in [-0.05, 0) is 10.3 Å². The predicted molar refractivity (Wildman–Crippen MR) is 67.0 cm³/mol. The van der Waals surface area contributed by atoms with Gasteiger partial charge in [0.2, 0.25) is 11.3 Å². The van der Waals surface area contributed by atoms with E-state index in [2.05, 4.69) is 24.9 Å². The molecule has 0 bridgehead atoms. The molecule has 0 saturated heterocycles. The number of rotatable bonds is 2. The van der Waals surface area contributed by atoms with Crippen molar-refractivity contribution in [2.45, 2.75) is 6.18 Å². The van der Waals surface area contributed by atoms with Crippen molar-refractivity contribution < 1.29 is 35.4 Å². The van der Waals surface area contributed by atoms with E-state index in [0.29, 0.717) is 0 Å². The number of alkyl halides is 3. The van der Waals surface area contributed by atoms with Gasteiger partial charge in [-0.15, -0.1) is 0 Å². The molecule has 0 aliphatic rings. The summed E-state index contributed by atoms with van der Waals surface area (Å²) in [5.74, 6) is -10.6. The van der Waals surface area contributed by atoms with Crippen molar-refractivity contribution in [3.8, 4) is 0 Å². The number of halogens is 8. The molecule has 2 aromatic heterocycles. The molecule has 0 aliphatic carbocycles. The maximum Gasteiger partial charge on any atom is 0.422 e. The lowest BCUT2D eigenvalue weighted by atomic mass is 10.1. The highest BCUT2D eigenvalue weighted by Crippen LogP contribution is 2.39. The summed E-state index contributed by atoms with van der Waals surface area (Å²) in [6, 6.07) is 0. The molecule has 14 heteroatoms. The van der Waals surface area contributed by atoms with Gasteiger partial charge in [0.05, 0.1) is 0 Å². The van der Waals surface area contributed by atoms with Gasteiger partial charge >= 0.3 is 6.18 Å². The van der Waals surface area contributed by atoms with Crippen molar-refractivity contribution in [1.82, 2.24) is 20.3 Å². The van der Waals surface area contributed by atoms with E-state index in [0.717, 1.165) is 0 Å². The Kier molecular flexibility index (Phi) is 3.89. The van der Waals surface area contributed by atoms with Gasteiger partial charge in [0.25, 0.3) is 0 Å². The molecule has 3 aromatic rings. The summed E-state index contributed by atoms with van der Waals surface area (Å²) in [6.45, 7) is 0. The predicted octanol–water partition coefficient (Wildman–Crippen LogP) is 3.98. The van der Waals surface area contributed by atoms with Crippen LogP contribution in [0.2, 0.25) is 5.15 Å². The summed E-state index contributed by atoms with van der Waals surface area (Å²) in [6.07, 6.45) is -5.66. The van der Waals surface area contributed by atoms with Gasteiger partial charge in [-0.1, -0.05) is 11.6 Å². The molecule has 1 aromatic carbocycles. The average Bonchev–Trinajstić information content (AvgIpc) is 2.95. The Labute approximate surface area is 136 Å². The Balaban J connectivity index is 2.16. The summed E-state index contributed by atoms with van der Waals surface area (Å²) < 4.78 is 96.6. The van der Waals surface area contributed by atoms with E-state index < -0.39 is 51.7 Å². The maximum atomic E-state index is 13.8. The lowest BCUT2D eigenvalue weighted by molar-refractivity contribution is -0.143. The van der Waals surface area contributed by atoms with Crippen molar-refractivity contribution >= 4 is 34.4 Å². The zero-order valence-electron chi connectivity index (χ0n) is 11.2. The van der Waals surface area contributed by atoms with E-state index >= 15 is 0 Å². The summed E-state index contributed by atoms with van der Waals surface area (Å²) in [5.41, 5.74) is -4.78. The number of anilines is 2. The minimum absolute atomic E-state index is 0.193. The maximum absolute atomic E-state index is 13.8. The van der Waals surface area contributed by atoms with Crippen LogP contribution in [0.1, 0.15) is 5.56 Å². The minimum Gasteiger partial charge on any atom is -0.333 e. The van der Waals surface area contributed by atoms with E-state index in [1.54, 1.807) is 5.32 Å². The van der Waals surface area contributed by atoms with Gasteiger partial charge in [0.15, 0.2) is 34.2 Å². The molecule has 0 amide bonds. The van der Waals surface area contributed by atoms with Crippen LogP contribution in [0.5, 0.6) is 0 Å². The second-order valence-corrected chi connectivity index (χ2v) is 4.76. The first-order valence-corrected chi connectivity index (χ1v) is 6.35. The molecule has 1 N–H and O–H groups in total. The molecule has 6 nitrogen and oxygen atoms in total. The van der Waals surface area contributed by atoms with Crippen LogP contribution in [0, 0.1) is 23.3 Å². The molecule has 0 unspecified atom stereocenters. The first-order valence-electron chi connectivity index (χ1n) is 5.97. The molecular weight excluding hydrogens is 387 g/mol. The molecule has 0 saturated carbocycles. The molecule has 3 rings (SSSR count). The first-order chi connectivity index (χ1) is 11.6. The van der Waals surface area contributed by atoms with Gasteiger partial charge in [0.1, 0.15) is 11.3 Å². The van der Waals surface area contributed by atoms with Gasteiger partial charge in [0, 0.05) is 0 Å². The van der Waals surface area contributed by atoms with Crippen molar-refractivity contribution in [2.75, 3.05) is 5.32 Å². The second-order valence-electron chi connectivity index (χ2n) is 4.40. The highest BCUT2D eigenvalue weighted by molar-refractivity contribution is 6.32. The first kappa shape index (κ1) is 17.1. The Hall–Kier alpha value is -2.70. The Morgan fingerprint density at radius 2 is 1.36 bits per heavy atom. The smallest absolute Gasteiger partial charge is 0.333 e. The van der Waals surface area contributed by atoms with E-state index in [4.69, 9.17) is 11.6 Å². The molecule has 0 fully saturated rings. The number of benzene rings is 1. The zero-order valence-corrected chi connectivity index (χ0v) is 12.0. The van der Waals surface area contributed by atoms with Crippen LogP contribution in [0.4, 0.5) is 42.2 Å². The van der Waals surface area contributed by atoms with Crippen LogP contribution in [-0.2, 0) is 6.18 Å². The van der Waals surface area contributed by atoms with Crippen molar-refractivity contribution in [3.63, 3.8) is 0 Å². The Bertz CT molecular complexity index is 960. The van der Waals surface area contributed by atoms with Crippen LogP contribution >= 0.6 is 11.6 Å². The molecule has 0 aliphatic heterocycles. The summed E-state index contributed by atoms with van der Waals surface area (Å²) in [7, 11) is 0.